The highest BCUT2D eigenvalue weighted by Crippen LogP contribution is 2.09. The number of esters is 1. The van der Waals surface area contributed by atoms with Gasteiger partial charge in [0.15, 0.2) is 0 Å². The number of ether oxygens (including phenoxy) is 1. The van der Waals surface area contributed by atoms with Gasteiger partial charge in [-0.3, -0.25) is 4.79 Å². The smallest absolute Gasteiger partial charge is 0.335 e. The summed E-state index contributed by atoms with van der Waals surface area (Å²) in [5.74, 6) is -2.04. The van der Waals surface area contributed by atoms with Crippen LogP contribution in [0.25, 0.3) is 0 Å². The topological polar surface area (TPSA) is 92.7 Å². The first-order valence-electron chi connectivity index (χ1n) is 6.23. The molecule has 0 saturated heterocycles. The van der Waals surface area contributed by atoms with Crippen molar-refractivity contribution in [3.05, 3.63) is 35.4 Å². The molecule has 0 spiro atoms. The van der Waals surface area contributed by atoms with Crippen molar-refractivity contribution in [1.29, 1.82) is 0 Å². The van der Waals surface area contributed by atoms with Crippen molar-refractivity contribution in [2.24, 2.45) is 0 Å². The summed E-state index contributed by atoms with van der Waals surface area (Å²) in [6.07, 6.45) is -0.105. The maximum atomic E-state index is 11.8. The van der Waals surface area contributed by atoms with Crippen molar-refractivity contribution >= 4 is 17.8 Å². The van der Waals surface area contributed by atoms with E-state index in [-0.39, 0.29) is 18.6 Å². The lowest BCUT2D eigenvalue weighted by molar-refractivity contribution is -0.146. The molecule has 1 aromatic rings. The number of carbonyl (C=O) groups excluding carboxylic acids is 2. The van der Waals surface area contributed by atoms with E-state index in [2.05, 4.69) is 5.32 Å². The lowest BCUT2D eigenvalue weighted by atomic mass is 10.0. The van der Waals surface area contributed by atoms with Crippen molar-refractivity contribution in [1.82, 2.24) is 5.32 Å². The Morgan fingerprint density at radius 3 is 2.55 bits per heavy atom. The molecule has 0 aliphatic heterocycles. The normalized spacial score (nSPS) is 11.5. The third kappa shape index (κ3) is 4.38. The van der Waals surface area contributed by atoms with Crippen LogP contribution in [0.1, 0.15) is 29.8 Å². The van der Waals surface area contributed by atoms with Crippen LogP contribution in [0.5, 0.6) is 0 Å². The molecule has 1 aromatic carbocycles. The first kappa shape index (κ1) is 15.7. The third-order valence-electron chi connectivity index (χ3n) is 2.62. The average Bonchev–Trinajstić information content (AvgIpc) is 2.39. The van der Waals surface area contributed by atoms with E-state index in [0.717, 1.165) is 0 Å². The highest BCUT2D eigenvalue weighted by atomic mass is 16.5. The number of carboxylic acid groups (broad SMARTS) is 1. The summed E-state index contributed by atoms with van der Waals surface area (Å²) in [6.45, 7) is 3.43. The Labute approximate surface area is 116 Å². The minimum absolute atomic E-state index is 0.0754. The minimum Gasteiger partial charge on any atom is -0.478 e. The average molecular weight is 279 g/mol. The summed E-state index contributed by atoms with van der Waals surface area (Å²) in [5, 5.41) is 11.5. The summed E-state index contributed by atoms with van der Waals surface area (Å²) in [6, 6.07) is 5.48. The summed E-state index contributed by atoms with van der Waals surface area (Å²) in [4.78, 5) is 34.2. The summed E-state index contributed by atoms with van der Waals surface area (Å²) < 4.78 is 4.77. The molecule has 0 heterocycles. The standard InChI is InChI=1S/C14H17NO5/c1-3-20-14(19)9(2)15-12(16)8-10-6-4-5-7-11(10)13(17)18/h4-7,9H,3,8H2,1-2H3,(H,15,16)(H,17,18). The molecule has 6 nitrogen and oxygen atoms in total. The van der Waals surface area contributed by atoms with Crippen LogP contribution in [0, 0.1) is 0 Å². The van der Waals surface area contributed by atoms with Crippen molar-refractivity contribution in [3.63, 3.8) is 0 Å². The largest absolute Gasteiger partial charge is 0.478 e. The fraction of sp³-hybridized carbons (Fsp3) is 0.357. The summed E-state index contributed by atoms with van der Waals surface area (Å²) in [5.41, 5.74) is 0.472. The van der Waals surface area contributed by atoms with Crippen LogP contribution in [0.4, 0.5) is 0 Å². The molecule has 1 rings (SSSR count). The van der Waals surface area contributed by atoms with Crippen molar-refractivity contribution in [3.8, 4) is 0 Å². The molecule has 6 heteroatoms. The molecule has 1 unspecified atom stereocenters. The Hall–Kier alpha value is -2.37. The Morgan fingerprint density at radius 1 is 1.30 bits per heavy atom. The molecule has 0 aromatic heterocycles. The molecule has 0 saturated carbocycles. The molecule has 2 N–H and O–H groups in total. The Bertz CT molecular complexity index is 512. The second-order valence-electron chi connectivity index (χ2n) is 4.18. The molecular weight excluding hydrogens is 262 g/mol. The molecule has 108 valence electrons. The van der Waals surface area contributed by atoms with Crippen LogP contribution < -0.4 is 5.32 Å². The minimum atomic E-state index is -1.09. The lowest BCUT2D eigenvalue weighted by Crippen LogP contribution is -2.40. The predicted octanol–water partition coefficient (Wildman–Crippen LogP) is 0.995. The highest BCUT2D eigenvalue weighted by molar-refractivity contribution is 5.92. The fourth-order valence-electron chi connectivity index (χ4n) is 1.67. The first-order chi connectivity index (χ1) is 9.45. The van der Waals surface area contributed by atoms with Crippen molar-refractivity contribution < 1.29 is 24.2 Å². The summed E-state index contributed by atoms with van der Waals surface area (Å²) in [7, 11) is 0. The van der Waals surface area contributed by atoms with E-state index in [4.69, 9.17) is 9.84 Å². The third-order valence-corrected chi connectivity index (χ3v) is 2.62. The molecule has 20 heavy (non-hydrogen) atoms. The number of rotatable bonds is 6. The Balaban J connectivity index is 2.68. The number of amides is 1. The van der Waals surface area contributed by atoms with E-state index in [1.165, 1.54) is 13.0 Å². The number of hydrogen-bond donors (Lipinski definition) is 2. The van der Waals surface area contributed by atoms with Crippen LogP contribution >= 0.6 is 0 Å². The molecule has 0 radical (unpaired) electrons. The van der Waals surface area contributed by atoms with Gasteiger partial charge in [0.05, 0.1) is 18.6 Å². The Morgan fingerprint density at radius 2 is 1.95 bits per heavy atom. The summed E-state index contributed by atoms with van der Waals surface area (Å²) >= 11 is 0. The molecule has 0 bridgehead atoms. The zero-order chi connectivity index (χ0) is 15.1. The monoisotopic (exact) mass is 279 g/mol. The van der Waals surface area contributed by atoms with Gasteiger partial charge in [-0.05, 0) is 25.5 Å². The number of aromatic carboxylic acids is 1. The van der Waals surface area contributed by atoms with E-state index in [1.54, 1.807) is 25.1 Å². The number of carboxylic acids is 1. The van der Waals surface area contributed by atoms with Crippen molar-refractivity contribution in [2.45, 2.75) is 26.3 Å². The van der Waals surface area contributed by atoms with Gasteiger partial charge in [-0.25, -0.2) is 9.59 Å². The van der Waals surface area contributed by atoms with E-state index < -0.39 is 23.9 Å². The van der Waals surface area contributed by atoms with E-state index in [9.17, 15) is 14.4 Å². The highest BCUT2D eigenvalue weighted by Gasteiger charge is 2.18. The van der Waals surface area contributed by atoms with E-state index in [0.29, 0.717) is 5.56 Å². The number of benzene rings is 1. The second-order valence-corrected chi connectivity index (χ2v) is 4.18. The molecule has 0 fully saturated rings. The molecule has 0 aliphatic carbocycles. The fourth-order valence-corrected chi connectivity index (χ4v) is 1.67. The van der Waals surface area contributed by atoms with Gasteiger partial charge in [-0.1, -0.05) is 18.2 Å². The quantitative estimate of drug-likeness (QED) is 0.758. The first-order valence-corrected chi connectivity index (χ1v) is 6.23. The molecular formula is C14H17NO5. The van der Waals surface area contributed by atoms with E-state index >= 15 is 0 Å². The SMILES string of the molecule is CCOC(=O)C(C)NC(=O)Cc1ccccc1C(=O)O. The second kappa shape index (κ2) is 7.28. The van der Waals surface area contributed by atoms with Crippen LogP contribution in [0.3, 0.4) is 0 Å². The van der Waals surface area contributed by atoms with Gasteiger partial charge < -0.3 is 15.2 Å². The number of nitrogens with one attached hydrogen (secondary N) is 1. The lowest BCUT2D eigenvalue weighted by Gasteiger charge is -2.13. The molecule has 0 aliphatic rings. The number of carbonyl (C=O) groups is 3. The van der Waals surface area contributed by atoms with Gasteiger partial charge >= 0.3 is 11.9 Å². The molecule has 1 atom stereocenters. The van der Waals surface area contributed by atoms with Gasteiger partial charge in [0.2, 0.25) is 5.91 Å². The number of hydrogen-bond acceptors (Lipinski definition) is 4. The van der Waals surface area contributed by atoms with Gasteiger partial charge in [0.25, 0.3) is 0 Å². The predicted molar refractivity (Wildman–Crippen MR) is 71.3 cm³/mol. The maximum absolute atomic E-state index is 11.8. The Kier molecular flexibility index (Phi) is 5.71. The maximum Gasteiger partial charge on any atom is 0.335 e. The van der Waals surface area contributed by atoms with Crippen LogP contribution in [-0.4, -0.2) is 35.6 Å². The van der Waals surface area contributed by atoms with Crippen LogP contribution in [-0.2, 0) is 20.7 Å². The van der Waals surface area contributed by atoms with Crippen molar-refractivity contribution in [2.75, 3.05) is 6.61 Å². The van der Waals surface area contributed by atoms with E-state index in [1.807, 2.05) is 0 Å². The van der Waals surface area contributed by atoms with Crippen LogP contribution in [0.15, 0.2) is 24.3 Å². The van der Waals surface area contributed by atoms with Crippen LogP contribution in [0.2, 0.25) is 0 Å². The molecule has 1 amide bonds. The zero-order valence-corrected chi connectivity index (χ0v) is 11.4. The van der Waals surface area contributed by atoms with Gasteiger partial charge in [0.1, 0.15) is 6.04 Å². The van der Waals surface area contributed by atoms with Gasteiger partial charge in [-0.2, -0.15) is 0 Å². The van der Waals surface area contributed by atoms with Gasteiger partial charge in [-0.15, -0.1) is 0 Å². The van der Waals surface area contributed by atoms with Gasteiger partial charge in [0, 0.05) is 0 Å². The zero-order valence-electron chi connectivity index (χ0n) is 11.4.